The molecule has 0 radical (unpaired) electrons. The number of carbonyl (C=O) groups excluding carboxylic acids is 1. The maximum Gasteiger partial charge on any atom is 0.411 e. The highest BCUT2D eigenvalue weighted by Crippen LogP contribution is 2.22. The predicted molar refractivity (Wildman–Crippen MR) is 61.4 cm³/mol. The summed E-state index contributed by atoms with van der Waals surface area (Å²) in [5, 5.41) is 11.4. The lowest BCUT2D eigenvalue weighted by molar-refractivity contribution is 0.187. The zero-order chi connectivity index (χ0) is 12.0. The van der Waals surface area contributed by atoms with Gasteiger partial charge in [-0.2, -0.15) is 0 Å². The third-order valence-electron chi connectivity index (χ3n) is 1.70. The topological polar surface area (TPSA) is 58.6 Å². The van der Waals surface area contributed by atoms with Gasteiger partial charge in [0.25, 0.3) is 0 Å². The van der Waals surface area contributed by atoms with Crippen molar-refractivity contribution in [3.63, 3.8) is 0 Å². The van der Waals surface area contributed by atoms with Gasteiger partial charge < -0.3 is 9.84 Å². The van der Waals surface area contributed by atoms with Gasteiger partial charge in [-0.25, -0.2) is 4.79 Å². The van der Waals surface area contributed by atoms with Crippen LogP contribution in [0.15, 0.2) is 18.2 Å². The van der Waals surface area contributed by atoms with Gasteiger partial charge in [0.2, 0.25) is 0 Å². The van der Waals surface area contributed by atoms with E-state index in [1.54, 1.807) is 18.2 Å². The average Bonchev–Trinajstić information content (AvgIpc) is 2.30. The summed E-state index contributed by atoms with van der Waals surface area (Å²) in [7, 11) is 1.26. The Kier molecular flexibility index (Phi) is 4.65. The molecule has 0 aliphatic heterocycles. The number of anilines is 1. The van der Waals surface area contributed by atoms with Crippen molar-refractivity contribution in [3.8, 4) is 11.8 Å². The number of ether oxygens (including phenoxy) is 1. The standard InChI is InChI=1S/C11H10ClNO3/c1-16-11(15)13-10-7-8(3-2-6-14)4-5-9(10)12/h4-5,7,14H,6H2,1H3,(H,13,15). The molecule has 0 atom stereocenters. The molecule has 0 bridgehead atoms. The first-order valence-corrected chi connectivity index (χ1v) is 4.79. The Hall–Kier alpha value is -1.70. The number of halogens is 1. The minimum atomic E-state index is -0.603. The Morgan fingerprint density at radius 3 is 3.00 bits per heavy atom. The molecule has 1 rings (SSSR count). The molecule has 1 amide bonds. The molecule has 0 unspecified atom stereocenters. The minimum absolute atomic E-state index is 0.220. The van der Waals surface area contributed by atoms with Crippen LogP contribution in [0.3, 0.4) is 0 Å². The monoisotopic (exact) mass is 239 g/mol. The van der Waals surface area contributed by atoms with Gasteiger partial charge in [0, 0.05) is 5.56 Å². The van der Waals surface area contributed by atoms with Crippen LogP contribution in [0, 0.1) is 11.8 Å². The average molecular weight is 240 g/mol. The smallest absolute Gasteiger partial charge is 0.411 e. The molecule has 1 aromatic rings. The van der Waals surface area contributed by atoms with Crippen molar-refractivity contribution in [1.82, 2.24) is 0 Å². The fraction of sp³-hybridized carbons (Fsp3) is 0.182. The fourth-order valence-electron chi connectivity index (χ4n) is 1.00. The van der Waals surface area contributed by atoms with E-state index in [1.807, 2.05) is 0 Å². The fourth-order valence-corrected chi connectivity index (χ4v) is 1.17. The van der Waals surface area contributed by atoms with E-state index in [0.717, 1.165) is 0 Å². The molecule has 0 saturated carbocycles. The predicted octanol–water partition coefficient (Wildman–Crippen LogP) is 1.86. The minimum Gasteiger partial charge on any atom is -0.453 e. The van der Waals surface area contributed by atoms with Gasteiger partial charge in [-0.05, 0) is 18.2 Å². The number of nitrogens with one attached hydrogen (secondary N) is 1. The van der Waals surface area contributed by atoms with Gasteiger partial charge >= 0.3 is 6.09 Å². The van der Waals surface area contributed by atoms with E-state index in [9.17, 15) is 4.79 Å². The quantitative estimate of drug-likeness (QED) is 0.736. The molecule has 16 heavy (non-hydrogen) atoms. The number of benzene rings is 1. The Bertz CT molecular complexity index is 448. The summed E-state index contributed by atoms with van der Waals surface area (Å²) in [5.74, 6) is 5.20. The van der Waals surface area contributed by atoms with E-state index in [4.69, 9.17) is 16.7 Å². The third kappa shape index (κ3) is 3.46. The maximum absolute atomic E-state index is 11.0. The van der Waals surface area contributed by atoms with Crippen LogP contribution in [0.2, 0.25) is 5.02 Å². The Balaban J connectivity index is 2.94. The number of hydrogen-bond acceptors (Lipinski definition) is 3. The number of carbonyl (C=O) groups is 1. The van der Waals surface area contributed by atoms with Gasteiger partial charge in [0.15, 0.2) is 0 Å². The van der Waals surface area contributed by atoms with E-state index in [-0.39, 0.29) is 6.61 Å². The van der Waals surface area contributed by atoms with Crippen LogP contribution in [-0.4, -0.2) is 24.9 Å². The lowest BCUT2D eigenvalue weighted by Gasteiger charge is -2.05. The first-order valence-electron chi connectivity index (χ1n) is 4.41. The van der Waals surface area contributed by atoms with Crippen LogP contribution in [-0.2, 0) is 4.74 Å². The van der Waals surface area contributed by atoms with Gasteiger partial charge in [0.1, 0.15) is 6.61 Å². The van der Waals surface area contributed by atoms with E-state index >= 15 is 0 Å². The van der Waals surface area contributed by atoms with Crippen molar-refractivity contribution in [2.24, 2.45) is 0 Å². The van der Waals surface area contributed by atoms with Crippen LogP contribution in [0.5, 0.6) is 0 Å². The van der Waals surface area contributed by atoms with Crippen molar-refractivity contribution < 1.29 is 14.6 Å². The highest BCUT2D eigenvalue weighted by Gasteiger charge is 2.05. The molecular formula is C11H10ClNO3. The molecule has 84 valence electrons. The van der Waals surface area contributed by atoms with Gasteiger partial charge in [-0.15, -0.1) is 0 Å². The van der Waals surface area contributed by atoms with Crippen molar-refractivity contribution in [1.29, 1.82) is 0 Å². The molecule has 0 aromatic heterocycles. The van der Waals surface area contributed by atoms with Crippen molar-refractivity contribution in [2.75, 3.05) is 19.0 Å². The van der Waals surface area contributed by atoms with Crippen molar-refractivity contribution >= 4 is 23.4 Å². The van der Waals surface area contributed by atoms with Crippen LogP contribution < -0.4 is 5.32 Å². The van der Waals surface area contributed by atoms with Gasteiger partial charge in [-0.1, -0.05) is 23.4 Å². The number of hydrogen-bond donors (Lipinski definition) is 2. The number of methoxy groups -OCH3 is 1. The van der Waals surface area contributed by atoms with Gasteiger partial charge in [-0.3, -0.25) is 5.32 Å². The molecule has 5 heteroatoms. The normalized spacial score (nSPS) is 8.94. The summed E-state index contributed by atoms with van der Waals surface area (Å²) in [6, 6.07) is 4.89. The summed E-state index contributed by atoms with van der Waals surface area (Å²) in [4.78, 5) is 11.0. The molecule has 0 heterocycles. The van der Waals surface area contributed by atoms with E-state index in [1.165, 1.54) is 7.11 Å². The molecule has 0 aliphatic carbocycles. The first kappa shape index (κ1) is 12.4. The summed E-state index contributed by atoms with van der Waals surface area (Å²) >= 11 is 5.86. The van der Waals surface area contributed by atoms with Crippen LogP contribution in [0.4, 0.5) is 10.5 Å². The first-order chi connectivity index (χ1) is 7.67. The molecule has 0 aliphatic rings. The summed E-state index contributed by atoms with van der Waals surface area (Å²) in [6.07, 6.45) is -0.603. The van der Waals surface area contributed by atoms with Crippen LogP contribution in [0.25, 0.3) is 0 Å². The largest absolute Gasteiger partial charge is 0.453 e. The Labute approximate surface area is 98.2 Å². The van der Waals surface area contributed by atoms with E-state index in [0.29, 0.717) is 16.3 Å². The zero-order valence-corrected chi connectivity index (χ0v) is 9.34. The second-order valence-corrected chi connectivity index (χ2v) is 3.18. The maximum atomic E-state index is 11.0. The number of aliphatic hydroxyl groups excluding tert-OH is 1. The zero-order valence-electron chi connectivity index (χ0n) is 8.58. The van der Waals surface area contributed by atoms with Crippen molar-refractivity contribution in [3.05, 3.63) is 28.8 Å². The lowest BCUT2D eigenvalue weighted by Crippen LogP contribution is -2.11. The molecule has 1 aromatic carbocycles. The van der Waals surface area contributed by atoms with E-state index in [2.05, 4.69) is 21.9 Å². The summed E-state index contributed by atoms with van der Waals surface area (Å²) < 4.78 is 4.45. The van der Waals surface area contributed by atoms with Crippen molar-refractivity contribution in [2.45, 2.75) is 0 Å². The highest BCUT2D eigenvalue weighted by atomic mass is 35.5. The molecule has 4 nitrogen and oxygen atoms in total. The summed E-state index contributed by atoms with van der Waals surface area (Å²) in [6.45, 7) is -0.220. The number of rotatable bonds is 1. The number of aliphatic hydroxyl groups is 1. The van der Waals surface area contributed by atoms with Crippen LogP contribution >= 0.6 is 11.6 Å². The lowest BCUT2D eigenvalue weighted by atomic mass is 10.2. The van der Waals surface area contributed by atoms with Gasteiger partial charge in [0.05, 0.1) is 17.8 Å². The molecule has 0 fully saturated rings. The second kappa shape index (κ2) is 6.01. The molecular weight excluding hydrogens is 230 g/mol. The Morgan fingerprint density at radius 1 is 1.62 bits per heavy atom. The van der Waals surface area contributed by atoms with E-state index < -0.39 is 6.09 Å². The number of amides is 1. The Morgan fingerprint density at radius 2 is 2.38 bits per heavy atom. The molecule has 2 N–H and O–H groups in total. The second-order valence-electron chi connectivity index (χ2n) is 2.77. The molecule has 0 saturated heterocycles. The third-order valence-corrected chi connectivity index (χ3v) is 2.03. The SMILES string of the molecule is COC(=O)Nc1cc(C#CCO)ccc1Cl. The summed E-state index contributed by atoms with van der Waals surface area (Å²) in [5.41, 5.74) is 1.06. The molecule has 0 spiro atoms. The highest BCUT2D eigenvalue weighted by molar-refractivity contribution is 6.33. The van der Waals surface area contributed by atoms with Crippen LogP contribution in [0.1, 0.15) is 5.56 Å².